The summed E-state index contributed by atoms with van der Waals surface area (Å²) in [5.74, 6) is 0. The van der Waals surface area contributed by atoms with Gasteiger partial charge in [0.25, 0.3) is 0 Å². The first-order valence-electron chi connectivity index (χ1n) is 18.7. The van der Waals surface area contributed by atoms with E-state index in [1.807, 2.05) is 0 Å². The maximum absolute atomic E-state index is 5.75. The lowest BCUT2D eigenvalue weighted by Gasteiger charge is -2.27. The standard InChI is InChI=1S/C52H37N/c1-6-19-36(20-7-1)46-42-32-18-33-43(52-47(37-21-8-2-9-22-37)41-31-16-29-35-30-17-34-44(53-52)45(35)41)51(42)50(40-27-14-5-15-28-40)49(39-25-12-4-13-26-39)48(46)38-23-10-3-11-24-38/h1-16,18-29,31-33H,17,30,34H2. The number of nitrogens with zero attached hydrogens (tertiary/aromatic N) is 1. The van der Waals surface area contributed by atoms with E-state index in [0.29, 0.717) is 0 Å². The van der Waals surface area contributed by atoms with E-state index in [-0.39, 0.29) is 0 Å². The Bertz CT molecular complexity index is 2750. The molecule has 0 atom stereocenters. The van der Waals surface area contributed by atoms with Crippen LogP contribution in [0.1, 0.15) is 17.7 Å². The number of fused-ring (bicyclic) bond motifs is 1. The fourth-order valence-electron chi connectivity index (χ4n) is 8.77. The van der Waals surface area contributed by atoms with E-state index in [1.54, 1.807) is 0 Å². The molecule has 0 unspecified atom stereocenters. The fraction of sp³-hybridized carbons (Fsp3) is 0.0577. The lowest BCUT2D eigenvalue weighted by molar-refractivity contribution is 0.787. The summed E-state index contributed by atoms with van der Waals surface area (Å²) in [5.41, 5.74) is 16.9. The van der Waals surface area contributed by atoms with Gasteiger partial charge in [0.1, 0.15) is 0 Å². The quantitative estimate of drug-likeness (QED) is 0.171. The molecule has 1 heteroatoms. The Morgan fingerprint density at radius 1 is 0.321 bits per heavy atom. The molecule has 250 valence electrons. The Kier molecular flexibility index (Phi) is 7.77. The third kappa shape index (κ3) is 5.28. The topological polar surface area (TPSA) is 12.9 Å². The van der Waals surface area contributed by atoms with Gasteiger partial charge in [-0.3, -0.25) is 4.98 Å². The van der Waals surface area contributed by atoms with Crippen molar-refractivity contribution in [2.24, 2.45) is 0 Å². The van der Waals surface area contributed by atoms with Crippen LogP contribution >= 0.6 is 0 Å². The van der Waals surface area contributed by atoms with Crippen LogP contribution in [0.25, 0.3) is 88.4 Å². The van der Waals surface area contributed by atoms with E-state index < -0.39 is 0 Å². The molecule has 1 aliphatic carbocycles. The van der Waals surface area contributed by atoms with Crippen molar-refractivity contribution in [1.29, 1.82) is 0 Å². The van der Waals surface area contributed by atoms with Crippen molar-refractivity contribution in [3.05, 3.63) is 199 Å². The summed E-state index contributed by atoms with van der Waals surface area (Å²) in [4.78, 5) is 5.75. The lowest BCUT2D eigenvalue weighted by Crippen LogP contribution is -2.07. The summed E-state index contributed by atoms with van der Waals surface area (Å²) in [7, 11) is 0. The average molecular weight is 676 g/mol. The molecule has 1 nitrogen and oxygen atoms in total. The summed E-state index contributed by atoms with van der Waals surface area (Å²) in [6, 6.07) is 68.6. The maximum Gasteiger partial charge on any atom is 0.0796 e. The van der Waals surface area contributed by atoms with E-state index >= 15 is 0 Å². The second-order valence-corrected chi connectivity index (χ2v) is 14.0. The highest BCUT2D eigenvalue weighted by atomic mass is 14.7. The second-order valence-electron chi connectivity index (χ2n) is 14.0. The number of aryl methyl sites for hydroxylation is 2. The molecular formula is C52H37N. The van der Waals surface area contributed by atoms with Crippen molar-refractivity contribution in [3.8, 4) is 66.9 Å². The second kappa shape index (κ2) is 13.2. The van der Waals surface area contributed by atoms with Gasteiger partial charge in [-0.2, -0.15) is 0 Å². The molecule has 0 fully saturated rings. The van der Waals surface area contributed by atoms with Crippen LogP contribution in [0.3, 0.4) is 0 Å². The van der Waals surface area contributed by atoms with Crippen molar-refractivity contribution in [3.63, 3.8) is 0 Å². The highest BCUT2D eigenvalue weighted by Crippen LogP contribution is 2.54. The number of hydrogen-bond acceptors (Lipinski definition) is 1. The first-order chi connectivity index (χ1) is 26.3. The van der Waals surface area contributed by atoms with E-state index in [1.165, 1.54) is 88.4 Å². The van der Waals surface area contributed by atoms with Gasteiger partial charge in [-0.05, 0) is 85.7 Å². The fourth-order valence-corrected chi connectivity index (χ4v) is 8.77. The summed E-state index contributed by atoms with van der Waals surface area (Å²) in [6.07, 6.45) is 3.19. The molecule has 0 spiro atoms. The van der Waals surface area contributed by atoms with Crippen LogP contribution in [0, 0.1) is 0 Å². The van der Waals surface area contributed by atoms with Gasteiger partial charge in [0.2, 0.25) is 0 Å². The molecule has 1 aliphatic rings. The van der Waals surface area contributed by atoms with Gasteiger partial charge in [0, 0.05) is 27.6 Å². The SMILES string of the molecule is c1ccc(-c2c(-c3ccccc3)c(-c3ccccc3)c3c(-c4nc5c6c(cccc6c4-c4ccccc4)CCC5)cccc3c2-c2ccccc2)cc1. The smallest absolute Gasteiger partial charge is 0.0796 e. The molecule has 0 aliphatic heterocycles. The highest BCUT2D eigenvalue weighted by Gasteiger charge is 2.28. The zero-order valence-electron chi connectivity index (χ0n) is 29.5. The molecule has 0 bridgehead atoms. The number of benzene rings is 8. The molecular weight excluding hydrogens is 639 g/mol. The van der Waals surface area contributed by atoms with Gasteiger partial charge < -0.3 is 0 Å². The van der Waals surface area contributed by atoms with Gasteiger partial charge >= 0.3 is 0 Å². The van der Waals surface area contributed by atoms with Gasteiger partial charge in [0.15, 0.2) is 0 Å². The Hall–Kier alpha value is -6.57. The first-order valence-corrected chi connectivity index (χ1v) is 18.7. The lowest BCUT2D eigenvalue weighted by atomic mass is 9.77. The van der Waals surface area contributed by atoms with Crippen LogP contribution < -0.4 is 0 Å². The first kappa shape index (κ1) is 31.2. The largest absolute Gasteiger partial charge is 0.251 e. The predicted molar refractivity (Wildman–Crippen MR) is 224 cm³/mol. The van der Waals surface area contributed by atoms with Crippen LogP contribution in [0.5, 0.6) is 0 Å². The van der Waals surface area contributed by atoms with Crippen molar-refractivity contribution < 1.29 is 0 Å². The van der Waals surface area contributed by atoms with Crippen LogP contribution in [0.4, 0.5) is 0 Å². The molecule has 0 amide bonds. The molecule has 0 saturated heterocycles. The zero-order chi connectivity index (χ0) is 35.1. The Morgan fingerprint density at radius 2 is 0.755 bits per heavy atom. The molecule has 1 heterocycles. The van der Waals surface area contributed by atoms with Crippen LogP contribution in [-0.2, 0) is 12.8 Å². The van der Waals surface area contributed by atoms with E-state index in [0.717, 1.165) is 30.5 Å². The Morgan fingerprint density at radius 3 is 1.30 bits per heavy atom. The molecule has 0 radical (unpaired) electrons. The number of rotatable bonds is 6. The van der Waals surface area contributed by atoms with Gasteiger partial charge in [-0.1, -0.05) is 188 Å². The molecule has 9 aromatic rings. The van der Waals surface area contributed by atoms with Crippen molar-refractivity contribution in [2.75, 3.05) is 0 Å². The monoisotopic (exact) mass is 675 g/mol. The Labute approximate surface area is 310 Å². The van der Waals surface area contributed by atoms with Gasteiger partial charge in [0.05, 0.1) is 5.69 Å². The zero-order valence-corrected chi connectivity index (χ0v) is 29.5. The molecule has 0 saturated carbocycles. The molecule has 8 aromatic carbocycles. The minimum atomic E-state index is 0.981. The van der Waals surface area contributed by atoms with E-state index in [9.17, 15) is 0 Å². The molecule has 0 N–H and O–H groups in total. The normalized spacial score (nSPS) is 12.3. The van der Waals surface area contributed by atoms with E-state index in [2.05, 4.69) is 188 Å². The Balaban J connectivity index is 1.47. The third-order valence-electron chi connectivity index (χ3n) is 11.0. The van der Waals surface area contributed by atoms with Crippen LogP contribution in [0.15, 0.2) is 188 Å². The average Bonchev–Trinajstić information content (AvgIpc) is 3.24. The minimum absolute atomic E-state index is 0.981. The molecule has 1 aromatic heterocycles. The van der Waals surface area contributed by atoms with Gasteiger partial charge in [-0.25, -0.2) is 0 Å². The summed E-state index contributed by atoms with van der Waals surface area (Å²) < 4.78 is 0. The van der Waals surface area contributed by atoms with Crippen LogP contribution in [0.2, 0.25) is 0 Å². The third-order valence-corrected chi connectivity index (χ3v) is 11.0. The summed E-state index contributed by atoms with van der Waals surface area (Å²) in [6.45, 7) is 0. The number of aromatic nitrogens is 1. The predicted octanol–water partition coefficient (Wildman–Crippen LogP) is 13.9. The van der Waals surface area contributed by atoms with E-state index in [4.69, 9.17) is 4.98 Å². The maximum atomic E-state index is 5.75. The molecule has 53 heavy (non-hydrogen) atoms. The highest BCUT2D eigenvalue weighted by molar-refractivity contribution is 6.23. The number of hydrogen-bond donors (Lipinski definition) is 0. The van der Waals surface area contributed by atoms with Gasteiger partial charge in [-0.15, -0.1) is 0 Å². The van der Waals surface area contributed by atoms with Crippen molar-refractivity contribution >= 4 is 21.5 Å². The summed E-state index contributed by atoms with van der Waals surface area (Å²) in [5, 5.41) is 5.07. The number of pyridine rings is 1. The van der Waals surface area contributed by atoms with Crippen LogP contribution in [-0.4, -0.2) is 4.98 Å². The molecule has 10 rings (SSSR count). The summed E-state index contributed by atoms with van der Waals surface area (Å²) >= 11 is 0. The van der Waals surface area contributed by atoms with Crippen molar-refractivity contribution in [1.82, 2.24) is 4.98 Å². The minimum Gasteiger partial charge on any atom is -0.251 e. The van der Waals surface area contributed by atoms with Crippen molar-refractivity contribution in [2.45, 2.75) is 19.3 Å².